The summed E-state index contributed by atoms with van der Waals surface area (Å²) < 4.78 is 36.0. The molecule has 41 heavy (non-hydrogen) atoms. The van der Waals surface area contributed by atoms with Gasteiger partial charge in [0.25, 0.3) is 0 Å². The van der Waals surface area contributed by atoms with E-state index in [2.05, 4.69) is 21.0 Å². The lowest BCUT2D eigenvalue weighted by atomic mass is 9.90. The number of hydrogen-bond donors (Lipinski definition) is 1. The maximum Gasteiger partial charge on any atom is 0.527 e. The van der Waals surface area contributed by atoms with Gasteiger partial charge in [0.05, 0.1) is 33.9 Å². The molecule has 1 aliphatic heterocycles. The van der Waals surface area contributed by atoms with Crippen molar-refractivity contribution in [3.63, 3.8) is 0 Å². The summed E-state index contributed by atoms with van der Waals surface area (Å²) in [4.78, 5) is 10.3. The number of phosphoric ester groups is 1. The van der Waals surface area contributed by atoms with Crippen LogP contribution in [-0.2, 0) is 23.1 Å². The van der Waals surface area contributed by atoms with Crippen molar-refractivity contribution in [3.05, 3.63) is 12.0 Å². The van der Waals surface area contributed by atoms with Gasteiger partial charge in [-0.05, 0) is 25.2 Å². The molecule has 0 aromatic rings. The quantitative estimate of drug-likeness (QED) is 0.0486. The fourth-order valence-electron chi connectivity index (χ4n) is 6.02. The second-order valence-electron chi connectivity index (χ2n) is 13.1. The van der Waals surface area contributed by atoms with Crippen LogP contribution in [0.3, 0.4) is 0 Å². The molecule has 2 unspecified atom stereocenters. The van der Waals surface area contributed by atoms with Crippen molar-refractivity contribution in [2.45, 2.75) is 148 Å². The molecule has 1 N–H and O–H groups in total. The van der Waals surface area contributed by atoms with Crippen LogP contribution >= 0.6 is 7.82 Å². The van der Waals surface area contributed by atoms with E-state index in [0.29, 0.717) is 30.2 Å². The number of nitrogens with zero attached hydrogens (tertiary/aromatic N) is 1. The number of phosphoric acid groups is 1. The third-order valence-electron chi connectivity index (χ3n) is 8.91. The molecule has 0 aromatic heterocycles. The summed E-state index contributed by atoms with van der Waals surface area (Å²) in [6, 6.07) is 0. The van der Waals surface area contributed by atoms with Gasteiger partial charge in [-0.1, -0.05) is 110 Å². The van der Waals surface area contributed by atoms with E-state index in [-0.39, 0.29) is 12.7 Å². The van der Waals surface area contributed by atoms with Crippen LogP contribution < -0.4 is 0 Å². The molecule has 0 amide bonds. The summed E-state index contributed by atoms with van der Waals surface area (Å²) in [5.74, 6) is 0.557. The van der Waals surface area contributed by atoms with Crippen molar-refractivity contribution in [1.29, 1.82) is 0 Å². The topological polar surface area (TPSA) is 74.2 Å². The van der Waals surface area contributed by atoms with E-state index in [0.717, 1.165) is 31.5 Å². The van der Waals surface area contributed by atoms with Gasteiger partial charge < -0.3 is 14.0 Å². The van der Waals surface area contributed by atoms with E-state index in [9.17, 15) is 9.46 Å². The predicted molar refractivity (Wildman–Crippen MR) is 169 cm³/mol. The summed E-state index contributed by atoms with van der Waals surface area (Å²) in [6.45, 7) is 4.98. The van der Waals surface area contributed by atoms with E-state index >= 15 is 0 Å². The van der Waals surface area contributed by atoms with Gasteiger partial charge in [-0.2, -0.15) is 0 Å². The van der Waals surface area contributed by atoms with Crippen molar-refractivity contribution in [3.8, 4) is 0 Å². The normalized spacial score (nSPS) is 20.8. The van der Waals surface area contributed by atoms with Gasteiger partial charge in [0.15, 0.2) is 6.26 Å². The summed E-state index contributed by atoms with van der Waals surface area (Å²) in [6.07, 6.45) is 27.9. The standard InChI is InChI=1S/C33H64NO6P/c1-4-5-6-7-8-9-10-11-12-13-14-15-16-20-26-37-29-33(38-27-31-22-18-17-19-23-31)30-40-41(35,36)39-28-32-24-21-25-34(32,2)3/h28,31,33H,4-27,29-30H2,1-3H3/p+1. The number of likely N-dealkylation sites (tertiary alicyclic amines) is 1. The van der Waals surface area contributed by atoms with Crippen molar-refractivity contribution in [1.82, 2.24) is 0 Å². The first-order chi connectivity index (χ1) is 19.8. The Morgan fingerprint density at radius 2 is 1.44 bits per heavy atom. The molecular formula is C33H65NO6P+. The third-order valence-corrected chi connectivity index (χ3v) is 9.76. The Labute approximate surface area is 252 Å². The van der Waals surface area contributed by atoms with Gasteiger partial charge in [-0.15, -0.1) is 0 Å². The zero-order valence-corrected chi connectivity index (χ0v) is 27.9. The fraction of sp³-hybridized carbons (Fsp3) is 0.939. The summed E-state index contributed by atoms with van der Waals surface area (Å²) in [5.41, 5.74) is 1.00. The summed E-state index contributed by atoms with van der Waals surface area (Å²) >= 11 is 0. The molecule has 1 saturated carbocycles. The number of hydrogen-bond acceptors (Lipinski definition) is 5. The molecule has 7 nitrogen and oxygen atoms in total. The fourth-order valence-corrected chi connectivity index (χ4v) is 6.69. The average molecular weight is 603 g/mol. The summed E-state index contributed by atoms with van der Waals surface area (Å²) in [7, 11) is -0.0507. The first-order valence-electron chi connectivity index (χ1n) is 17.2. The smallest absolute Gasteiger partial charge is 0.406 e. The first-order valence-corrected chi connectivity index (χ1v) is 18.7. The van der Waals surface area contributed by atoms with Crippen LogP contribution in [0.1, 0.15) is 142 Å². The molecule has 242 valence electrons. The zero-order chi connectivity index (χ0) is 29.7. The number of rotatable bonds is 25. The number of allylic oxidation sites excluding steroid dienone is 1. The predicted octanol–water partition coefficient (Wildman–Crippen LogP) is 9.30. The summed E-state index contributed by atoms with van der Waals surface area (Å²) in [5, 5.41) is 0. The second kappa shape index (κ2) is 22.1. The minimum Gasteiger partial charge on any atom is -0.406 e. The van der Waals surface area contributed by atoms with Crippen LogP contribution in [0.5, 0.6) is 0 Å². The van der Waals surface area contributed by atoms with Gasteiger partial charge in [-0.3, -0.25) is 13.9 Å². The Morgan fingerprint density at radius 1 is 0.854 bits per heavy atom. The van der Waals surface area contributed by atoms with E-state index in [4.69, 9.17) is 18.5 Å². The SMILES string of the molecule is CCCCCCCCCCCCCCCCOCC(COP(=O)(O)OC=C1CCC[N+]1(C)C)OCC1CCCCC1. The lowest BCUT2D eigenvalue weighted by Gasteiger charge is -2.26. The molecule has 2 rings (SSSR count). The van der Waals surface area contributed by atoms with Crippen LogP contribution in [0.2, 0.25) is 0 Å². The van der Waals surface area contributed by atoms with E-state index in [1.165, 1.54) is 122 Å². The molecule has 1 saturated heterocycles. The highest BCUT2D eigenvalue weighted by molar-refractivity contribution is 7.47. The highest BCUT2D eigenvalue weighted by Gasteiger charge is 2.31. The molecule has 1 heterocycles. The molecule has 8 heteroatoms. The average Bonchev–Trinajstić information content (AvgIpc) is 3.30. The van der Waals surface area contributed by atoms with E-state index in [1.54, 1.807) is 0 Å². The lowest BCUT2D eigenvalue weighted by molar-refractivity contribution is -0.843. The van der Waals surface area contributed by atoms with Crippen molar-refractivity contribution in [2.75, 3.05) is 47.1 Å². The molecule has 0 bridgehead atoms. The maximum absolute atomic E-state index is 12.6. The monoisotopic (exact) mass is 602 g/mol. The van der Waals surface area contributed by atoms with Crippen molar-refractivity contribution >= 4 is 7.82 Å². The molecule has 1 aliphatic carbocycles. The Hall–Kier alpha value is -0.430. The number of unbranched alkanes of at least 4 members (excludes halogenated alkanes) is 13. The maximum atomic E-state index is 12.6. The number of quaternary nitrogens is 1. The van der Waals surface area contributed by atoms with Crippen LogP contribution in [0.4, 0.5) is 0 Å². The Kier molecular flexibility index (Phi) is 19.8. The van der Waals surface area contributed by atoms with E-state index < -0.39 is 7.82 Å². The van der Waals surface area contributed by atoms with Crippen LogP contribution in [0.25, 0.3) is 0 Å². The van der Waals surface area contributed by atoms with Crippen LogP contribution in [-0.4, -0.2) is 62.5 Å². The molecule has 0 aromatic carbocycles. The van der Waals surface area contributed by atoms with Crippen molar-refractivity contribution in [2.24, 2.45) is 5.92 Å². The highest BCUT2D eigenvalue weighted by Crippen LogP contribution is 2.45. The minimum atomic E-state index is -4.21. The molecule has 2 fully saturated rings. The zero-order valence-electron chi connectivity index (χ0n) is 27.0. The molecule has 0 radical (unpaired) electrons. The Morgan fingerprint density at radius 3 is 2.00 bits per heavy atom. The minimum absolute atomic E-state index is 0.0132. The van der Waals surface area contributed by atoms with Crippen LogP contribution in [0, 0.1) is 5.92 Å². The van der Waals surface area contributed by atoms with Gasteiger partial charge in [0, 0.05) is 26.1 Å². The lowest BCUT2D eigenvalue weighted by Crippen LogP contribution is -2.33. The molecule has 2 atom stereocenters. The second-order valence-corrected chi connectivity index (χ2v) is 14.5. The van der Waals surface area contributed by atoms with Crippen molar-refractivity contribution < 1.29 is 32.5 Å². The highest BCUT2D eigenvalue weighted by atomic mass is 31.2. The Bertz CT molecular complexity index is 725. The van der Waals surface area contributed by atoms with Gasteiger partial charge in [0.2, 0.25) is 0 Å². The third kappa shape index (κ3) is 18.1. The largest absolute Gasteiger partial charge is 0.527 e. The Balaban J connectivity index is 1.58. The van der Waals surface area contributed by atoms with Gasteiger partial charge in [-0.25, -0.2) is 4.57 Å². The molecule has 0 spiro atoms. The van der Waals surface area contributed by atoms with E-state index in [1.807, 2.05) is 0 Å². The number of ether oxygens (including phenoxy) is 2. The van der Waals surface area contributed by atoms with Gasteiger partial charge in [0.1, 0.15) is 11.8 Å². The van der Waals surface area contributed by atoms with Gasteiger partial charge >= 0.3 is 7.82 Å². The van der Waals surface area contributed by atoms with Crippen LogP contribution in [0.15, 0.2) is 12.0 Å². The first kappa shape index (κ1) is 36.8. The molecule has 2 aliphatic rings. The molecular weight excluding hydrogens is 537 g/mol.